The van der Waals surface area contributed by atoms with E-state index in [0.717, 1.165) is 0 Å². The van der Waals surface area contributed by atoms with Crippen molar-refractivity contribution in [2.75, 3.05) is 63.0 Å². The number of hydrogen-bond acceptors (Lipinski definition) is 8. The number of ether oxygens (including phenoxy) is 1. The minimum Gasteiger partial charge on any atom is -0.404 e. The van der Waals surface area contributed by atoms with Crippen molar-refractivity contribution in [1.82, 2.24) is 14.9 Å². The standard InChI is InChI=1S/C32H33FN8O3/c1-35-19-22(18-34)25-17-28-26(16-27(25)33)30(41-12-14-44-15-13-41)39-29(38-28)20-4-8-23(9-5-20)36-32(43)37-24-10-6-21(7-11-24)31(42)40(2)3/h4-11,16-19H,12-15,34H2,1-3H3,(H2,36,37,43). The number of hydrogen-bond donors (Lipinski definition) is 3. The van der Waals surface area contributed by atoms with Crippen LogP contribution in [0.2, 0.25) is 0 Å². The quantitative estimate of drug-likeness (QED) is 0.265. The highest BCUT2D eigenvalue weighted by atomic mass is 19.1. The lowest BCUT2D eigenvalue weighted by molar-refractivity contribution is 0.0827. The Morgan fingerprint density at radius 1 is 1.00 bits per heavy atom. The number of carbonyl (C=O) groups excluding carboxylic acids is 2. The maximum absolute atomic E-state index is 15.3. The second kappa shape index (κ2) is 13.3. The van der Waals surface area contributed by atoms with Gasteiger partial charge in [-0.15, -0.1) is 0 Å². The normalized spacial score (nSPS) is 13.7. The van der Waals surface area contributed by atoms with Gasteiger partial charge in [-0.25, -0.2) is 19.2 Å². The lowest BCUT2D eigenvalue weighted by atomic mass is 10.0. The Morgan fingerprint density at radius 3 is 2.23 bits per heavy atom. The van der Waals surface area contributed by atoms with Crippen LogP contribution in [0, 0.1) is 5.82 Å². The van der Waals surface area contributed by atoms with Gasteiger partial charge in [0.05, 0.1) is 18.7 Å². The summed E-state index contributed by atoms with van der Waals surface area (Å²) in [5.74, 6) is 0.485. The highest BCUT2D eigenvalue weighted by Gasteiger charge is 2.20. The smallest absolute Gasteiger partial charge is 0.323 e. The van der Waals surface area contributed by atoms with Crippen molar-refractivity contribution >= 4 is 51.8 Å². The highest BCUT2D eigenvalue weighted by molar-refractivity contribution is 6.11. The Bertz CT molecular complexity index is 1730. The summed E-state index contributed by atoms with van der Waals surface area (Å²) >= 11 is 0. The molecule has 5 rings (SSSR count). The molecule has 0 bridgehead atoms. The molecule has 4 aromatic rings. The number of nitrogens with two attached hydrogens (primary N) is 1. The number of fused-ring (bicyclic) bond motifs is 1. The molecule has 11 nitrogen and oxygen atoms in total. The van der Waals surface area contributed by atoms with E-state index in [-0.39, 0.29) is 11.5 Å². The van der Waals surface area contributed by atoms with Crippen LogP contribution in [-0.2, 0) is 4.74 Å². The zero-order valence-electron chi connectivity index (χ0n) is 24.7. The number of carbonyl (C=O) groups is 2. The Balaban J connectivity index is 1.40. The van der Waals surface area contributed by atoms with Crippen LogP contribution in [0.1, 0.15) is 15.9 Å². The lowest BCUT2D eigenvalue weighted by Gasteiger charge is -2.29. The van der Waals surface area contributed by atoms with Gasteiger partial charge in [0.25, 0.3) is 5.91 Å². The maximum atomic E-state index is 15.3. The predicted molar refractivity (Wildman–Crippen MR) is 172 cm³/mol. The molecule has 2 heterocycles. The lowest BCUT2D eigenvalue weighted by Crippen LogP contribution is -2.37. The average molecular weight is 597 g/mol. The first-order chi connectivity index (χ1) is 21.3. The molecule has 3 aromatic carbocycles. The Morgan fingerprint density at radius 2 is 1.64 bits per heavy atom. The molecule has 12 heteroatoms. The third kappa shape index (κ3) is 6.65. The molecule has 0 atom stereocenters. The summed E-state index contributed by atoms with van der Waals surface area (Å²) < 4.78 is 20.8. The largest absolute Gasteiger partial charge is 0.404 e. The van der Waals surface area contributed by atoms with Crippen molar-refractivity contribution in [3.05, 3.63) is 83.8 Å². The molecule has 1 aliphatic rings. The van der Waals surface area contributed by atoms with Gasteiger partial charge in [0.2, 0.25) is 0 Å². The molecule has 0 aliphatic carbocycles. The summed E-state index contributed by atoms with van der Waals surface area (Å²) in [6.07, 6.45) is 2.81. The minimum absolute atomic E-state index is 0.121. The van der Waals surface area contributed by atoms with Crippen LogP contribution in [0.4, 0.5) is 26.4 Å². The number of benzene rings is 3. The van der Waals surface area contributed by atoms with Crippen molar-refractivity contribution in [3.63, 3.8) is 0 Å². The van der Waals surface area contributed by atoms with E-state index in [4.69, 9.17) is 20.4 Å². The van der Waals surface area contributed by atoms with E-state index < -0.39 is 11.8 Å². The number of nitrogens with one attached hydrogen (secondary N) is 2. The summed E-state index contributed by atoms with van der Waals surface area (Å²) in [4.78, 5) is 41.9. The topological polar surface area (TPSA) is 138 Å². The molecule has 0 unspecified atom stereocenters. The van der Waals surface area contributed by atoms with E-state index in [1.165, 1.54) is 23.4 Å². The molecular weight excluding hydrogens is 563 g/mol. The zero-order chi connectivity index (χ0) is 31.2. The van der Waals surface area contributed by atoms with Gasteiger partial charge < -0.3 is 30.9 Å². The van der Waals surface area contributed by atoms with Crippen LogP contribution in [0.5, 0.6) is 0 Å². The van der Waals surface area contributed by atoms with Gasteiger partial charge in [-0.1, -0.05) is 0 Å². The van der Waals surface area contributed by atoms with Crippen LogP contribution in [-0.4, -0.2) is 80.5 Å². The van der Waals surface area contributed by atoms with Gasteiger partial charge in [0.15, 0.2) is 5.82 Å². The first-order valence-corrected chi connectivity index (χ1v) is 14.0. The number of rotatable bonds is 7. The molecule has 1 fully saturated rings. The molecule has 0 radical (unpaired) electrons. The molecule has 226 valence electrons. The number of morpholine rings is 1. The third-order valence-electron chi connectivity index (χ3n) is 7.03. The SMILES string of the molecule is CN=CC(=CN)c1cc2nc(-c3ccc(NC(=O)Nc4ccc(C(=O)N(C)C)cc4)cc3)nc(N3CCOCC3)c2cc1F. The third-order valence-corrected chi connectivity index (χ3v) is 7.03. The van der Waals surface area contributed by atoms with E-state index in [9.17, 15) is 9.59 Å². The Hall–Kier alpha value is -5.36. The molecule has 44 heavy (non-hydrogen) atoms. The van der Waals surface area contributed by atoms with Gasteiger partial charge in [-0.05, 0) is 60.7 Å². The van der Waals surface area contributed by atoms with Crippen LogP contribution in [0.3, 0.4) is 0 Å². The van der Waals surface area contributed by atoms with E-state index in [0.29, 0.717) is 76.9 Å². The summed E-state index contributed by atoms with van der Waals surface area (Å²) in [5, 5.41) is 6.14. The summed E-state index contributed by atoms with van der Waals surface area (Å²) in [6, 6.07) is 16.4. The number of amides is 3. The summed E-state index contributed by atoms with van der Waals surface area (Å²) in [6.45, 7) is 2.29. The number of anilines is 3. The first-order valence-electron chi connectivity index (χ1n) is 14.0. The minimum atomic E-state index is -0.452. The van der Waals surface area contributed by atoms with Crippen molar-refractivity contribution in [2.24, 2.45) is 10.7 Å². The molecular formula is C32H33FN8O3. The predicted octanol–water partition coefficient (Wildman–Crippen LogP) is 4.62. The van der Waals surface area contributed by atoms with Crippen LogP contribution in [0.25, 0.3) is 27.9 Å². The molecule has 1 aliphatic heterocycles. The highest BCUT2D eigenvalue weighted by Crippen LogP contribution is 2.32. The number of nitrogens with zero attached hydrogens (tertiary/aromatic N) is 5. The van der Waals surface area contributed by atoms with Gasteiger partial charge >= 0.3 is 6.03 Å². The fourth-order valence-corrected chi connectivity index (χ4v) is 4.79. The maximum Gasteiger partial charge on any atom is 0.323 e. The van der Waals surface area contributed by atoms with E-state index >= 15 is 4.39 Å². The number of allylic oxidation sites excluding steroid dienone is 1. The fourth-order valence-electron chi connectivity index (χ4n) is 4.79. The van der Waals surface area contributed by atoms with Gasteiger partial charge in [0.1, 0.15) is 11.6 Å². The molecule has 1 saturated heterocycles. The second-order valence-electron chi connectivity index (χ2n) is 10.3. The van der Waals surface area contributed by atoms with Crippen LogP contribution >= 0.6 is 0 Å². The van der Waals surface area contributed by atoms with Crippen LogP contribution in [0.15, 0.2) is 71.9 Å². The molecule has 3 amide bonds. The summed E-state index contributed by atoms with van der Waals surface area (Å²) in [5.41, 5.74) is 9.38. The first kappa shape index (κ1) is 30.1. The zero-order valence-corrected chi connectivity index (χ0v) is 24.7. The summed E-state index contributed by atoms with van der Waals surface area (Å²) in [7, 11) is 4.95. The van der Waals surface area contributed by atoms with Crippen molar-refractivity contribution < 1.29 is 18.7 Å². The second-order valence-corrected chi connectivity index (χ2v) is 10.3. The van der Waals surface area contributed by atoms with E-state index in [2.05, 4.69) is 20.5 Å². The molecule has 0 saturated carbocycles. The Kier molecular flexibility index (Phi) is 9.10. The monoisotopic (exact) mass is 596 g/mol. The van der Waals surface area contributed by atoms with Gasteiger partial charge in [-0.3, -0.25) is 9.79 Å². The number of aromatic nitrogens is 2. The fraction of sp³-hybridized carbons (Fsp3) is 0.219. The van der Waals surface area contributed by atoms with E-state index in [1.54, 1.807) is 75.7 Å². The number of halogens is 1. The molecule has 4 N–H and O–H groups in total. The van der Waals surface area contributed by atoms with Gasteiger partial charge in [0, 0.05) is 85.7 Å². The van der Waals surface area contributed by atoms with Gasteiger partial charge in [-0.2, -0.15) is 0 Å². The average Bonchev–Trinajstić information content (AvgIpc) is 3.03. The van der Waals surface area contributed by atoms with Crippen molar-refractivity contribution in [1.29, 1.82) is 0 Å². The number of aliphatic imine (C=N–C) groups is 1. The molecule has 1 aromatic heterocycles. The Labute approximate surface area is 254 Å². The van der Waals surface area contributed by atoms with Crippen molar-refractivity contribution in [2.45, 2.75) is 0 Å². The number of urea groups is 1. The molecule has 0 spiro atoms. The van der Waals surface area contributed by atoms with Crippen LogP contribution < -0.4 is 21.3 Å². The van der Waals surface area contributed by atoms with E-state index in [1.807, 2.05) is 0 Å². The van der Waals surface area contributed by atoms with Crippen molar-refractivity contribution in [3.8, 4) is 11.4 Å².